The van der Waals surface area contributed by atoms with Gasteiger partial charge >= 0.3 is 6.09 Å². The van der Waals surface area contributed by atoms with Gasteiger partial charge < -0.3 is 14.9 Å². The van der Waals surface area contributed by atoms with Crippen LogP contribution >= 0.6 is 0 Å². The molecule has 0 spiro atoms. The quantitative estimate of drug-likeness (QED) is 0.758. The average Bonchev–Trinajstić information content (AvgIpc) is 2.96. The molecule has 0 unspecified atom stereocenters. The minimum Gasteiger partial charge on any atom is -0.465 e. The van der Waals surface area contributed by atoms with Gasteiger partial charge in [-0.15, -0.1) is 0 Å². The van der Waals surface area contributed by atoms with Crippen molar-refractivity contribution >= 4 is 17.7 Å². The monoisotopic (exact) mass is 253 g/mol. The van der Waals surface area contributed by atoms with Gasteiger partial charge in [-0.25, -0.2) is 4.79 Å². The second-order valence-corrected chi connectivity index (χ2v) is 4.60. The van der Waals surface area contributed by atoms with Crippen LogP contribution in [0.4, 0.5) is 10.5 Å². The zero-order chi connectivity index (χ0) is 13.3. The van der Waals surface area contributed by atoms with E-state index in [9.17, 15) is 9.59 Å². The maximum Gasteiger partial charge on any atom is 0.409 e. The van der Waals surface area contributed by atoms with Crippen molar-refractivity contribution in [1.82, 2.24) is 10.5 Å². The Labute approximate surface area is 104 Å². The molecule has 18 heavy (non-hydrogen) atoms. The summed E-state index contributed by atoms with van der Waals surface area (Å²) in [5.41, 5.74) is 0.564. The number of amides is 2. The number of anilines is 1. The SMILES string of the molecule is CC(C)c1noc(C(=O)NC2CC2)c1NC(=O)O. The van der Waals surface area contributed by atoms with E-state index in [0.717, 1.165) is 12.8 Å². The van der Waals surface area contributed by atoms with Crippen LogP contribution in [0.2, 0.25) is 0 Å². The van der Waals surface area contributed by atoms with Gasteiger partial charge in [0.25, 0.3) is 5.91 Å². The Morgan fingerprint density at radius 1 is 1.44 bits per heavy atom. The van der Waals surface area contributed by atoms with Crippen molar-refractivity contribution in [1.29, 1.82) is 0 Å². The van der Waals surface area contributed by atoms with Gasteiger partial charge in [-0.3, -0.25) is 10.1 Å². The number of carbonyl (C=O) groups excluding carboxylic acids is 1. The molecule has 1 saturated carbocycles. The average molecular weight is 253 g/mol. The number of nitrogens with one attached hydrogen (secondary N) is 2. The molecular formula is C11H15N3O4. The molecule has 2 amide bonds. The van der Waals surface area contributed by atoms with Crippen molar-refractivity contribution < 1.29 is 19.2 Å². The standard InChI is InChI=1S/C11H15N3O4/c1-5(2)7-8(13-11(16)17)9(18-14-7)10(15)12-6-3-4-6/h5-6,13H,3-4H2,1-2H3,(H,12,15)(H,16,17). The maximum absolute atomic E-state index is 11.9. The first-order chi connectivity index (χ1) is 8.49. The summed E-state index contributed by atoms with van der Waals surface area (Å²) in [5.74, 6) is -0.549. The number of rotatable bonds is 4. The predicted octanol–water partition coefficient (Wildman–Crippen LogP) is 1.78. The van der Waals surface area contributed by atoms with Gasteiger partial charge in [0, 0.05) is 12.0 Å². The summed E-state index contributed by atoms with van der Waals surface area (Å²) in [6.45, 7) is 3.68. The van der Waals surface area contributed by atoms with Crippen LogP contribution in [0.1, 0.15) is 48.9 Å². The highest BCUT2D eigenvalue weighted by molar-refractivity contribution is 6.00. The first-order valence-corrected chi connectivity index (χ1v) is 5.79. The second-order valence-electron chi connectivity index (χ2n) is 4.60. The Kier molecular flexibility index (Phi) is 3.22. The van der Waals surface area contributed by atoms with Crippen molar-refractivity contribution in [3.63, 3.8) is 0 Å². The number of hydrogen-bond acceptors (Lipinski definition) is 4. The molecule has 0 saturated heterocycles. The van der Waals surface area contributed by atoms with Crippen LogP contribution in [0, 0.1) is 0 Å². The number of aromatic nitrogens is 1. The topological polar surface area (TPSA) is 104 Å². The number of carboxylic acid groups (broad SMARTS) is 1. The summed E-state index contributed by atoms with van der Waals surface area (Å²) in [6, 6.07) is 0.169. The molecule has 98 valence electrons. The van der Waals surface area contributed by atoms with E-state index >= 15 is 0 Å². The molecule has 0 atom stereocenters. The molecule has 0 bridgehead atoms. The van der Waals surface area contributed by atoms with Crippen molar-refractivity contribution in [3.8, 4) is 0 Å². The molecule has 1 aromatic rings. The first kappa shape index (κ1) is 12.4. The number of carbonyl (C=O) groups is 2. The third-order valence-electron chi connectivity index (χ3n) is 2.62. The molecule has 7 nitrogen and oxygen atoms in total. The Bertz CT molecular complexity index is 477. The summed E-state index contributed by atoms with van der Waals surface area (Å²) in [7, 11) is 0. The van der Waals surface area contributed by atoms with Gasteiger partial charge in [0.2, 0.25) is 5.76 Å². The van der Waals surface area contributed by atoms with E-state index < -0.39 is 12.0 Å². The maximum atomic E-state index is 11.9. The molecule has 0 aromatic carbocycles. The molecule has 1 aliphatic rings. The van der Waals surface area contributed by atoms with Gasteiger partial charge in [0.15, 0.2) is 0 Å². The summed E-state index contributed by atoms with van der Waals surface area (Å²) in [6.07, 6.45) is 0.637. The summed E-state index contributed by atoms with van der Waals surface area (Å²) in [4.78, 5) is 22.6. The van der Waals surface area contributed by atoms with Crippen LogP contribution in [0.25, 0.3) is 0 Å². The van der Waals surface area contributed by atoms with Crippen LogP contribution in [-0.4, -0.2) is 28.3 Å². The van der Waals surface area contributed by atoms with Crippen LogP contribution in [0.3, 0.4) is 0 Å². The highest BCUT2D eigenvalue weighted by Crippen LogP contribution is 2.28. The summed E-state index contributed by atoms with van der Waals surface area (Å²) < 4.78 is 4.96. The van der Waals surface area contributed by atoms with Gasteiger partial charge in [0.05, 0.1) is 0 Å². The van der Waals surface area contributed by atoms with Crippen LogP contribution in [0.5, 0.6) is 0 Å². The summed E-state index contributed by atoms with van der Waals surface area (Å²) in [5, 5.41) is 17.4. The lowest BCUT2D eigenvalue weighted by Gasteiger charge is -2.05. The molecule has 3 N–H and O–H groups in total. The third-order valence-corrected chi connectivity index (χ3v) is 2.62. The highest BCUT2D eigenvalue weighted by Gasteiger charge is 2.30. The minimum absolute atomic E-state index is 0.0434. The molecule has 1 aromatic heterocycles. The van der Waals surface area contributed by atoms with E-state index in [0.29, 0.717) is 5.69 Å². The van der Waals surface area contributed by atoms with Crippen molar-refractivity contribution in [2.75, 3.05) is 5.32 Å². The lowest BCUT2D eigenvalue weighted by atomic mass is 10.1. The van der Waals surface area contributed by atoms with Gasteiger partial charge in [-0.2, -0.15) is 0 Å². The summed E-state index contributed by atoms with van der Waals surface area (Å²) >= 11 is 0. The lowest BCUT2D eigenvalue weighted by Crippen LogP contribution is -2.26. The van der Waals surface area contributed by atoms with Crippen molar-refractivity contribution in [2.45, 2.75) is 38.6 Å². The van der Waals surface area contributed by atoms with E-state index in [4.69, 9.17) is 9.63 Å². The highest BCUT2D eigenvalue weighted by atomic mass is 16.5. The molecular weight excluding hydrogens is 238 g/mol. The van der Waals surface area contributed by atoms with E-state index in [1.165, 1.54) is 0 Å². The van der Waals surface area contributed by atoms with E-state index in [1.54, 1.807) is 0 Å². The van der Waals surface area contributed by atoms with Crippen LogP contribution < -0.4 is 10.6 Å². The van der Waals surface area contributed by atoms with E-state index in [1.807, 2.05) is 13.8 Å². The molecule has 0 aliphatic heterocycles. The largest absolute Gasteiger partial charge is 0.465 e. The minimum atomic E-state index is -1.25. The fourth-order valence-corrected chi connectivity index (χ4v) is 1.56. The molecule has 1 fully saturated rings. The first-order valence-electron chi connectivity index (χ1n) is 5.79. The molecule has 0 radical (unpaired) electrons. The lowest BCUT2D eigenvalue weighted by molar-refractivity contribution is 0.0915. The third kappa shape index (κ3) is 2.61. The number of nitrogens with zero attached hydrogens (tertiary/aromatic N) is 1. The molecule has 1 aliphatic carbocycles. The van der Waals surface area contributed by atoms with E-state index in [-0.39, 0.29) is 23.4 Å². The Hall–Kier alpha value is -2.05. The van der Waals surface area contributed by atoms with E-state index in [2.05, 4.69) is 15.8 Å². The fourth-order valence-electron chi connectivity index (χ4n) is 1.56. The normalized spacial score (nSPS) is 14.6. The molecule has 7 heteroatoms. The second kappa shape index (κ2) is 4.67. The smallest absolute Gasteiger partial charge is 0.409 e. The van der Waals surface area contributed by atoms with Crippen molar-refractivity contribution in [3.05, 3.63) is 11.5 Å². The van der Waals surface area contributed by atoms with Crippen LogP contribution in [-0.2, 0) is 0 Å². The molecule has 1 heterocycles. The molecule has 2 rings (SSSR count). The Balaban J connectivity index is 2.27. The Morgan fingerprint density at radius 2 is 2.11 bits per heavy atom. The van der Waals surface area contributed by atoms with Gasteiger partial charge in [-0.05, 0) is 12.8 Å². The predicted molar refractivity (Wildman–Crippen MR) is 62.7 cm³/mol. The zero-order valence-electron chi connectivity index (χ0n) is 10.2. The fraction of sp³-hybridized carbons (Fsp3) is 0.545. The van der Waals surface area contributed by atoms with Crippen molar-refractivity contribution in [2.24, 2.45) is 0 Å². The number of hydrogen-bond donors (Lipinski definition) is 3. The van der Waals surface area contributed by atoms with Gasteiger partial charge in [-0.1, -0.05) is 19.0 Å². The van der Waals surface area contributed by atoms with Crippen LogP contribution in [0.15, 0.2) is 4.52 Å². The zero-order valence-corrected chi connectivity index (χ0v) is 10.2. The Morgan fingerprint density at radius 3 is 2.61 bits per heavy atom. The van der Waals surface area contributed by atoms with Gasteiger partial charge in [0.1, 0.15) is 11.4 Å².